The summed E-state index contributed by atoms with van der Waals surface area (Å²) in [6.45, 7) is -0.479. The highest BCUT2D eigenvalue weighted by atomic mass is 35.5. The molecule has 1 aliphatic rings. The summed E-state index contributed by atoms with van der Waals surface area (Å²) in [4.78, 5) is 0. The molecule has 8 heteroatoms. The second-order valence-electron chi connectivity index (χ2n) is 6.09. The normalized spacial score (nSPS) is 18.7. The van der Waals surface area contributed by atoms with Crippen LogP contribution in [0.2, 0.25) is 0 Å². The van der Waals surface area contributed by atoms with Crippen molar-refractivity contribution in [3.63, 3.8) is 0 Å². The highest BCUT2D eigenvalue weighted by Gasteiger charge is 2.61. The fourth-order valence-electron chi connectivity index (χ4n) is 3.51. The minimum atomic E-state index is -4.93. The summed E-state index contributed by atoms with van der Waals surface area (Å²) in [5.41, 5.74) is -2.13. The zero-order chi connectivity index (χ0) is 18.7. The van der Waals surface area contributed by atoms with Crippen LogP contribution in [0, 0.1) is 0 Å². The SMILES string of the molecule is OCc1cc(-c2cnn(Cl)c2)cc2c1-c1ccccc1C2(O)C(F)(F)F. The minimum absolute atomic E-state index is 0.199. The number of hydrogen-bond donors (Lipinski definition) is 2. The number of alkyl halides is 3. The van der Waals surface area contributed by atoms with Crippen LogP contribution < -0.4 is 0 Å². The van der Waals surface area contributed by atoms with Crippen molar-refractivity contribution in [2.75, 3.05) is 0 Å². The van der Waals surface area contributed by atoms with Gasteiger partial charge in [-0.05, 0) is 34.4 Å². The molecule has 0 radical (unpaired) electrons. The molecule has 26 heavy (non-hydrogen) atoms. The molecule has 0 fully saturated rings. The first-order valence-electron chi connectivity index (χ1n) is 7.66. The summed E-state index contributed by atoms with van der Waals surface area (Å²) in [5.74, 6) is 0. The standard InChI is InChI=1S/C18H12ClF3N2O2/c19-24-8-12(7-23-24)10-5-11(9-25)16-13-3-1-2-4-14(13)17(26,15(16)6-10)18(20,21)22/h1-8,25-26H,9H2. The molecule has 1 aromatic heterocycles. The predicted octanol–water partition coefficient (Wildman–Crippen LogP) is 3.82. The van der Waals surface area contributed by atoms with E-state index in [1.807, 2.05) is 0 Å². The molecule has 1 heterocycles. The van der Waals surface area contributed by atoms with Gasteiger partial charge in [-0.2, -0.15) is 22.5 Å². The van der Waals surface area contributed by atoms with Gasteiger partial charge >= 0.3 is 6.18 Å². The zero-order valence-electron chi connectivity index (χ0n) is 13.1. The van der Waals surface area contributed by atoms with Crippen LogP contribution in [0.15, 0.2) is 48.8 Å². The number of fused-ring (bicyclic) bond motifs is 3. The molecule has 0 spiro atoms. The highest BCUT2D eigenvalue weighted by molar-refractivity contribution is 6.14. The van der Waals surface area contributed by atoms with Crippen LogP contribution >= 0.6 is 11.8 Å². The molecule has 3 aromatic rings. The van der Waals surface area contributed by atoms with Gasteiger partial charge in [-0.1, -0.05) is 24.3 Å². The highest BCUT2D eigenvalue weighted by Crippen LogP contribution is 2.56. The van der Waals surface area contributed by atoms with E-state index in [4.69, 9.17) is 11.8 Å². The number of benzene rings is 2. The van der Waals surface area contributed by atoms with Crippen molar-refractivity contribution >= 4 is 11.8 Å². The Hall–Kier alpha value is -2.35. The minimum Gasteiger partial charge on any atom is -0.392 e. The average molecular weight is 381 g/mol. The molecule has 134 valence electrons. The van der Waals surface area contributed by atoms with Crippen LogP contribution in [0.25, 0.3) is 22.3 Å². The van der Waals surface area contributed by atoms with Crippen molar-refractivity contribution in [2.45, 2.75) is 18.4 Å². The number of hydrogen-bond acceptors (Lipinski definition) is 3. The van der Waals surface area contributed by atoms with Crippen LogP contribution in [-0.4, -0.2) is 25.7 Å². The summed E-state index contributed by atoms with van der Waals surface area (Å²) in [5, 5.41) is 24.3. The van der Waals surface area contributed by atoms with Gasteiger partial charge in [0, 0.05) is 28.5 Å². The van der Waals surface area contributed by atoms with Crippen LogP contribution in [0.5, 0.6) is 0 Å². The predicted molar refractivity (Wildman–Crippen MR) is 89.3 cm³/mol. The molecule has 0 bridgehead atoms. The molecule has 4 nitrogen and oxygen atoms in total. The maximum Gasteiger partial charge on any atom is 0.425 e. The van der Waals surface area contributed by atoms with Gasteiger partial charge in [0.15, 0.2) is 0 Å². The quantitative estimate of drug-likeness (QED) is 0.710. The number of aliphatic hydroxyl groups excluding tert-OH is 1. The van der Waals surface area contributed by atoms with Crippen molar-refractivity contribution < 1.29 is 23.4 Å². The largest absolute Gasteiger partial charge is 0.425 e. The molecule has 2 N–H and O–H groups in total. The number of aliphatic hydroxyl groups is 2. The Bertz CT molecular complexity index is 1020. The van der Waals surface area contributed by atoms with Crippen molar-refractivity contribution in [1.82, 2.24) is 9.30 Å². The fraction of sp³-hybridized carbons (Fsp3) is 0.167. The van der Waals surface area contributed by atoms with Gasteiger partial charge in [-0.25, -0.2) is 0 Å². The molecular weight excluding hydrogens is 369 g/mol. The van der Waals surface area contributed by atoms with Gasteiger partial charge < -0.3 is 10.2 Å². The molecule has 1 aliphatic carbocycles. The summed E-state index contributed by atoms with van der Waals surface area (Å²) in [6, 6.07) is 8.64. The van der Waals surface area contributed by atoms with E-state index in [-0.39, 0.29) is 27.8 Å². The Labute approximate surface area is 151 Å². The van der Waals surface area contributed by atoms with Crippen LogP contribution in [0.4, 0.5) is 13.2 Å². The van der Waals surface area contributed by atoms with Crippen molar-refractivity contribution in [2.24, 2.45) is 0 Å². The Morgan fingerprint density at radius 2 is 1.85 bits per heavy atom. The summed E-state index contributed by atoms with van der Waals surface area (Å²) >= 11 is 5.73. The smallest absolute Gasteiger partial charge is 0.392 e. The monoisotopic (exact) mass is 380 g/mol. The van der Waals surface area contributed by atoms with Crippen LogP contribution in [0.1, 0.15) is 16.7 Å². The molecule has 4 rings (SSSR count). The second-order valence-corrected chi connectivity index (χ2v) is 6.43. The van der Waals surface area contributed by atoms with Crippen molar-refractivity contribution in [3.05, 3.63) is 65.5 Å². The van der Waals surface area contributed by atoms with Crippen LogP contribution in [0.3, 0.4) is 0 Å². The van der Waals surface area contributed by atoms with Crippen molar-refractivity contribution in [1.29, 1.82) is 0 Å². The maximum absolute atomic E-state index is 13.9. The fourth-order valence-corrected chi connectivity index (χ4v) is 3.66. The maximum atomic E-state index is 13.9. The van der Waals surface area contributed by atoms with E-state index in [0.717, 1.165) is 4.20 Å². The summed E-state index contributed by atoms with van der Waals surface area (Å²) in [7, 11) is 0. The lowest BCUT2D eigenvalue weighted by atomic mass is 9.88. The third kappa shape index (κ3) is 2.21. The van der Waals surface area contributed by atoms with Gasteiger partial charge in [0.25, 0.3) is 0 Å². The molecule has 0 aliphatic heterocycles. The molecule has 0 amide bonds. The Balaban J connectivity index is 2.08. The third-order valence-electron chi connectivity index (χ3n) is 4.66. The molecular formula is C18H12ClF3N2O2. The Morgan fingerprint density at radius 3 is 2.46 bits per heavy atom. The number of rotatable bonds is 2. The molecule has 0 saturated heterocycles. The topological polar surface area (TPSA) is 58.3 Å². The Morgan fingerprint density at radius 1 is 1.12 bits per heavy atom. The second kappa shape index (κ2) is 5.57. The van der Waals surface area contributed by atoms with E-state index in [0.29, 0.717) is 11.1 Å². The molecule has 1 unspecified atom stereocenters. The first-order valence-corrected chi connectivity index (χ1v) is 7.99. The zero-order valence-corrected chi connectivity index (χ0v) is 13.9. The van der Waals surface area contributed by atoms with Crippen LogP contribution in [-0.2, 0) is 12.2 Å². The van der Waals surface area contributed by atoms with Gasteiger partial charge in [0.2, 0.25) is 5.60 Å². The van der Waals surface area contributed by atoms with E-state index in [1.54, 1.807) is 12.1 Å². The first kappa shape index (κ1) is 17.1. The van der Waals surface area contributed by atoms with Gasteiger partial charge in [-0.15, -0.1) is 0 Å². The lowest BCUT2D eigenvalue weighted by Gasteiger charge is -2.28. The van der Waals surface area contributed by atoms with Gasteiger partial charge in [0.1, 0.15) is 0 Å². The van der Waals surface area contributed by atoms with E-state index in [2.05, 4.69) is 5.10 Å². The number of halogens is 4. The summed E-state index contributed by atoms with van der Waals surface area (Å²) < 4.78 is 42.8. The number of nitrogens with zero attached hydrogens (tertiary/aromatic N) is 2. The van der Waals surface area contributed by atoms with Gasteiger partial charge in [-0.3, -0.25) is 0 Å². The first-order chi connectivity index (χ1) is 12.3. The molecule has 1 atom stereocenters. The van der Waals surface area contributed by atoms with Crippen molar-refractivity contribution in [3.8, 4) is 22.3 Å². The molecule has 2 aromatic carbocycles. The lowest BCUT2D eigenvalue weighted by Crippen LogP contribution is -2.41. The van der Waals surface area contributed by atoms with Gasteiger partial charge in [0.05, 0.1) is 19.0 Å². The van der Waals surface area contributed by atoms with E-state index in [1.165, 1.54) is 36.7 Å². The Kier molecular flexibility index (Phi) is 3.66. The van der Waals surface area contributed by atoms with E-state index >= 15 is 0 Å². The molecule has 0 saturated carbocycles. The average Bonchev–Trinajstić information content (AvgIpc) is 3.15. The van der Waals surface area contributed by atoms with E-state index < -0.39 is 18.4 Å². The van der Waals surface area contributed by atoms with E-state index in [9.17, 15) is 23.4 Å². The summed E-state index contributed by atoms with van der Waals surface area (Å²) in [6.07, 6.45) is -2.11. The number of aromatic nitrogens is 2. The third-order valence-corrected chi connectivity index (χ3v) is 4.85. The lowest BCUT2D eigenvalue weighted by molar-refractivity contribution is -0.246.